The summed E-state index contributed by atoms with van der Waals surface area (Å²) in [6, 6.07) is 1.59. The van der Waals surface area contributed by atoms with Gasteiger partial charge in [-0.05, 0) is 54.8 Å². The van der Waals surface area contributed by atoms with Crippen molar-refractivity contribution in [3.63, 3.8) is 0 Å². The number of likely N-dealkylation sites (tertiary alicyclic amines) is 1. The van der Waals surface area contributed by atoms with Crippen LogP contribution < -0.4 is 5.32 Å². The fourth-order valence-electron chi connectivity index (χ4n) is 3.83. The van der Waals surface area contributed by atoms with Crippen LogP contribution in [-0.2, 0) is 16.0 Å². The van der Waals surface area contributed by atoms with E-state index in [1.54, 1.807) is 37.4 Å². The molecule has 4 unspecified atom stereocenters. The van der Waals surface area contributed by atoms with Gasteiger partial charge in [-0.2, -0.15) is 0 Å². The second-order valence-corrected chi connectivity index (χ2v) is 10.00. The molecule has 10 heteroatoms. The molecule has 37 heavy (non-hydrogen) atoms. The number of hydrogen-bond acceptors (Lipinski definition) is 7. The van der Waals surface area contributed by atoms with Crippen molar-refractivity contribution in [2.75, 3.05) is 20.1 Å². The Morgan fingerprint density at radius 2 is 2.08 bits per heavy atom. The highest BCUT2D eigenvalue weighted by Gasteiger charge is 2.37. The highest BCUT2D eigenvalue weighted by atomic mass is 35.5. The van der Waals surface area contributed by atoms with Crippen LogP contribution >= 0.6 is 22.9 Å². The van der Waals surface area contributed by atoms with Crippen LogP contribution in [0, 0.1) is 0 Å². The van der Waals surface area contributed by atoms with Gasteiger partial charge in [0, 0.05) is 30.0 Å². The maximum atomic E-state index is 12.8. The van der Waals surface area contributed by atoms with Crippen LogP contribution in [0.3, 0.4) is 0 Å². The van der Waals surface area contributed by atoms with Crippen LogP contribution in [0.25, 0.3) is 0 Å². The molecule has 1 aliphatic rings. The molecule has 1 aromatic rings. The van der Waals surface area contributed by atoms with E-state index in [4.69, 9.17) is 11.6 Å². The zero-order valence-electron chi connectivity index (χ0n) is 21.2. The number of allylic oxidation sites excluding steroid dienone is 5. The molecule has 1 saturated heterocycles. The number of aliphatic hydroxyl groups is 3. The molecule has 8 nitrogen and oxygen atoms in total. The standard InChI is InChI=1S/C27H36ClN3O5S/c1-4-6-12-22(29-3)23(32)18-16-21(37-17-18)13-14-30-26(35)24(33)25(34)27(36)31-15-8-11-20(31)10-7-9-19(28)5-2/h4,6-7,9-10,12,16-17,20,23-25,32-34H,1,5,8,11,13-15H2,2-3H3,(H,30,35)/b10-7-,12-6-,19-9+,29-22?. The summed E-state index contributed by atoms with van der Waals surface area (Å²) in [5, 5.41) is 36.3. The molecule has 1 aliphatic heterocycles. The second kappa shape index (κ2) is 15.6. The third-order valence-electron chi connectivity index (χ3n) is 5.95. The summed E-state index contributed by atoms with van der Waals surface area (Å²) in [5.74, 6) is -1.51. The monoisotopic (exact) mass is 549 g/mol. The third kappa shape index (κ3) is 9.05. The van der Waals surface area contributed by atoms with Gasteiger partial charge in [0.15, 0.2) is 12.2 Å². The van der Waals surface area contributed by atoms with E-state index in [0.29, 0.717) is 35.7 Å². The molecule has 1 fully saturated rings. The molecule has 0 aliphatic carbocycles. The molecule has 2 heterocycles. The number of nitrogens with zero attached hydrogens (tertiary/aromatic N) is 2. The third-order valence-corrected chi connectivity index (χ3v) is 7.36. The van der Waals surface area contributed by atoms with Gasteiger partial charge in [-0.25, -0.2) is 0 Å². The summed E-state index contributed by atoms with van der Waals surface area (Å²) in [6.07, 6.45) is 8.37. The molecule has 1 aromatic heterocycles. The highest BCUT2D eigenvalue weighted by Crippen LogP contribution is 2.23. The molecule has 0 radical (unpaired) electrons. The van der Waals surface area contributed by atoms with Gasteiger partial charge < -0.3 is 25.5 Å². The molecule has 0 bridgehead atoms. The average molecular weight is 550 g/mol. The number of amides is 2. The first-order valence-corrected chi connectivity index (χ1v) is 13.5. The summed E-state index contributed by atoms with van der Waals surface area (Å²) in [7, 11) is 1.60. The maximum Gasteiger partial charge on any atom is 0.255 e. The van der Waals surface area contributed by atoms with Crippen LogP contribution in [0.4, 0.5) is 0 Å². The molecular formula is C27H36ClN3O5S. The van der Waals surface area contributed by atoms with E-state index in [2.05, 4.69) is 16.9 Å². The van der Waals surface area contributed by atoms with Gasteiger partial charge in [0.05, 0.1) is 11.8 Å². The number of aliphatic hydroxyl groups excluding tert-OH is 3. The summed E-state index contributed by atoms with van der Waals surface area (Å²) < 4.78 is 0. The Hall–Kier alpha value is -2.56. The Balaban J connectivity index is 1.88. The number of rotatable bonds is 13. The van der Waals surface area contributed by atoms with Gasteiger partial charge in [0.1, 0.15) is 6.10 Å². The van der Waals surface area contributed by atoms with Crippen LogP contribution in [0.1, 0.15) is 42.7 Å². The summed E-state index contributed by atoms with van der Waals surface area (Å²) in [6.45, 7) is 6.17. The maximum absolute atomic E-state index is 12.8. The molecule has 0 saturated carbocycles. The van der Waals surface area contributed by atoms with E-state index in [9.17, 15) is 24.9 Å². The van der Waals surface area contributed by atoms with E-state index in [0.717, 1.165) is 17.7 Å². The molecule has 2 amide bonds. The molecule has 4 atom stereocenters. The number of hydrogen-bond donors (Lipinski definition) is 4. The topological polar surface area (TPSA) is 122 Å². The van der Waals surface area contributed by atoms with Crippen molar-refractivity contribution < 1.29 is 24.9 Å². The van der Waals surface area contributed by atoms with Crippen molar-refractivity contribution in [1.29, 1.82) is 0 Å². The number of halogens is 1. The average Bonchev–Trinajstić information content (AvgIpc) is 3.57. The van der Waals surface area contributed by atoms with Crippen molar-refractivity contribution in [3.05, 3.63) is 70.0 Å². The van der Waals surface area contributed by atoms with Crippen LogP contribution in [0.15, 0.2) is 64.5 Å². The van der Waals surface area contributed by atoms with Gasteiger partial charge >= 0.3 is 0 Å². The fourth-order valence-corrected chi connectivity index (χ4v) is 4.81. The largest absolute Gasteiger partial charge is 0.382 e. The lowest BCUT2D eigenvalue weighted by molar-refractivity contribution is -0.153. The highest BCUT2D eigenvalue weighted by molar-refractivity contribution is 7.10. The predicted molar refractivity (Wildman–Crippen MR) is 149 cm³/mol. The van der Waals surface area contributed by atoms with Crippen molar-refractivity contribution in [1.82, 2.24) is 10.2 Å². The Labute approximate surface area is 227 Å². The second-order valence-electron chi connectivity index (χ2n) is 8.52. The van der Waals surface area contributed by atoms with Crippen molar-refractivity contribution in [3.8, 4) is 0 Å². The molecule has 0 spiro atoms. The van der Waals surface area contributed by atoms with E-state index >= 15 is 0 Å². The number of carbonyl (C=O) groups is 2. The summed E-state index contributed by atoms with van der Waals surface area (Å²) in [4.78, 5) is 31.7. The number of carbonyl (C=O) groups excluding carboxylic acids is 2. The minimum Gasteiger partial charge on any atom is -0.382 e. The fraction of sp³-hybridized carbons (Fsp3) is 0.444. The SMILES string of the molecule is C=C/C=C\C(=NC)C(O)c1csc(CCNC(=O)C(O)C(O)C(=O)N2CCCC2/C=C\C=C(\Cl)CC)c1. The lowest BCUT2D eigenvalue weighted by atomic mass is 10.1. The molecule has 4 N–H and O–H groups in total. The molecule has 202 valence electrons. The van der Waals surface area contributed by atoms with Crippen LogP contribution in [0.2, 0.25) is 0 Å². The Bertz CT molecular complexity index is 1050. The van der Waals surface area contributed by atoms with E-state index < -0.39 is 30.1 Å². The number of thiophene rings is 1. The number of nitrogens with one attached hydrogen (secondary N) is 1. The Morgan fingerprint density at radius 3 is 2.76 bits per heavy atom. The van der Waals surface area contributed by atoms with Crippen LogP contribution in [-0.4, -0.2) is 76.1 Å². The summed E-state index contributed by atoms with van der Waals surface area (Å²) in [5.41, 5.74) is 1.18. The lowest BCUT2D eigenvalue weighted by Gasteiger charge is -2.26. The lowest BCUT2D eigenvalue weighted by Crippen LogP contribution is -2.51. The zero-order chi connectivity index (χ0) is 27.4. The smallest absolute Gasteiger partial charge is 0.255 e. The Morgan fingerprint density at radius 1 is 1.32 bits per heavy atom. The molecule has 2 rings (SSSR count). The van der Waals surface area contributed by atoms with Gasteiger partial charge in [0.2, 0.25) is 0 Å². The van der Waals surface area contributed by atoms with Crippen molar-refractivity contribution >= 4 is 40.5 Å². The van der Waals surface area contributed by atoms with E-state index in [-0.39, 0.29) is 12.6 Å². The zero-order valence-corrected chi connectivity index (χ0v) is 22.8. The summed E-state index contributed by atoms with van der Waals surface area (Å²) >= 11 is 7.42. The first-order valence-electron chi connectivity index (χ1n) is 12.2. The minimum atomic E-state index is -1.88. The Kier molecular flexibility index (Phi) is 13.0. The first kappa shape index (κ1) is 30.7. The van der Waals surface area contributed by atoms with Crippen LogP contribution in [0.5, 0.6) is 0 Å². The molecule has 0 aromatic carbocycles. The number of aliphatic imine (C=N–C) groups is 1. The van der Waals surface area contributed by atoms with Gasteiger partial charge in [0.25, 0.3) is 11.8 Å². The minimum absolute atomic E-state index is 0.192. The molecular weight excluding hydrogens is 514 g/mol. The van der Waals surface area contributed by atoms with Gasteiger partial charge in [-0.1, -0.05) is 49.4 Å². The van der Waals surface area contributed by atoms with Crippen molar-refractivity contribution in [2.24, 2.45) is 4.99 Å². The first-order chi connectivity index (χ1) is 17.7. The van der Waals surface area contributed by atoms with Crippen molar-refractivity contribution in [2.45, 2.75) is 57.0 Å². The van der Waals surface area contributed by atoms with Gasteiger partial charge in [-0.3, -0.25) is 14.6 Å². The normalized spacial score (nSPS) is 19.4. The van der Waals surface area contributed by atoms with E-state index in [1.165, 1.54) is 16.2 Å². The van der Waals surface area contributed by atoms with E-state index in [1.807, 2.05) is 24.4 Å². The predicted octanol–water partition coefficient (Wildman–Crippen LogP) is 3.05. The quantitative estimate of drug-likeness (QED) is 0.222. The van der Waals surface area contributed by atoms with Gasteiger partial charge in [-0.15, -0.1) is 11.3 Å².